The van der Waals surface area contributed by atoms with E-state index in [1.807, 2.05) is 31.2 Å². The van der Waals surface area contributed by atoms with Crippen LogP contribution >= 0.6 is 0 Å². The van der Waals surface area contributed by atoms with Crippen LogP contribution in [0.15, 0.2) is 48.5 Å². The molecule has 0 saturated carbocycles. The van der Waals surface area contributed by atoms with Crippen molar-refractivity contribution < 1.29 is 14.6 Å². The van der Waals surface area contributed by atoms with Gasteiger partial charge in [0, 0.05) is 0 Å². The quantitative estimate of drug-likeness (QED) is 0.894. The largest absolute Gasteiger partial charge is 0.508 e. The molecule has 3 heteroatoms. The monoisotopic (exact) mass is 244 g/mol. The van der Waals surface area contributed by atoms with Crippen LogP contribution in [0.1, 0.15) is 18.6 Å². The maximum absolute atomic E-state index is 9.20. The van der Waals surface area contributed by atoms with Crippen LogP contribution in [0.3, 0.4) is 0 Å². The summed E-state index contributed by atoms with van der Waals surface area (Å²) in [5.41, 5.74) is 1.07. The van der Waals surface area contributed by atoms with Crippen molar-refractivity contribution in [2.24, 2.45) is 0 Å². The highest BCUT2D eigenvalue weighted by atomic mass is 16.5. The van der Waals surface area contributed by atoms with Crippen LogP contribution in [0, 0.1) is 0 Å². The first-order valence-corrected chi connectivity index (χ1v) is 5.78. The van der Waals surface area contributed by atoms with Crippen LogP contribution in [0.4, 0.5) is 0 Å². The molecule has 1 atom stereocenters. The fourth-order valence-corrected chi connectivity index (χ4v) is 1.67. The molecule has 0 spiro atoms. The van der Waals surface area contributed by atoms with Crippen LogP contribution in [-0.4, -0.2) is 12.2 Å². The van der Waals surface area contributed by atoms with E-state index in [0.717, 1.165) is 17.1 Å². The molecule has 18 heavy (non-hydrogen) atoms. The summed E-state index contributed by atoms with van der Waals surface area (Å²) in [5.74, 6) is 1.80. The molecule has 0 fully saturated rings. The third kappa shape index (κ3) is 2.94. The van der Waals surface area contributed by atoms with Crippen LogP contribution in [-0.2, 0) is 0 Å². The number of hydrogen-bond acceptors (Lipinski definition) is 3. The number of methoxy groups -OCH3 is 1. The van der Waals surface area contributed by atoms with Gasteiger partial charge in [-0.25, -0.2) is 0 Å². The topological polar surface area (TPSA) is 38.7 Å². The van der Waals surface area contributed by atoms with Gasteiger partial charge in [-0.15, -0.1) is 0 Å². The highest BCUT2D eigenvalue weighted by Gasteiger charge is 2.07. The Balaban J connectivity index is 2.06. The van der Waals surface area contributed by atoms with Crippen molar-refractivity contribution in [3.63, 3.8) is 0 Å². The number of phenols is 1. The van der Waals surface area contributed by atoms with Gasteiger partial charge in [-0.3, -0.25) is 0 Å². The second-order valence-corrected chi connectivity index (χ2v) is 4.03. The summed E-state index contributed by atoms with van der Waals surface area (Å²) < 4.78 is 10.9. The molecule has 0 radical (unpaired) electrons. The maximum atomic E-state index is 9.20. The SMILES string of the molecule is COc1ccc(C(C)Oc2ccc(O)cc2)cc1. The maximum Gasteiger partial charge on any atom is 0.121 e. The molecule has 3 nitrogen and oxygen atoms in total. The second-order valence-electron chi connectivity index (χ2n) is 4.03. The number of phenolic OH excluding ortho intramolecular Hbond substituents is 1. The van der Waals surface area contributed by atoms with Gasteiger partial charge >= 0.3 is 0 Å². The summed E-state index contributed by atoms with van der Waals surface area (Å²) in [7, 11) is 1.64. The van der Waals surface area contributed by atoms with Crippen LogP contribution < -0.4 is 9.47 Å². The molecular formula is C15H16O3. The molecule has 0 aliphatic rings. The highest BCUT2D eigenvalue weighted by molar-refractivity contribution is 5.32. The van der Waals surface area contributed by atoms with Gasteiger partial charge in [0.25, 0.3) is 0 Å². The minimum Gasteiger partial charge on any atom is -0.508 e. The van der Waals surface area contributed by atoms with E-state index >= 15 is 0 Å². The zero-order valence-electron chi connectivity index (χ0n) is 10.5. The zero-order chi connectivity index (χ0) is 13.0. The van der Waals surface area contributed by atoms with Gasteiger partial charge in [-0.2, -0.15) is 0 Å². The Kier molecular flexibility index (Phi) is 3.72. The van der Waals surface area contributed by atoms with Crippen LogP contribution in [0.25, 0.3) is 0 Å². The smallest absolute Gasteiger partial charge is 0.121 e. The molecule has 0 saturated heterocycles. The lowest BCUT2D eigenvalue weighted by Gasteiger charge is -2.15. The van der Waals surface area contributed by atoms with E-state index in [1.165, 1.54) is 0 Å². The molecule has 2 rings (SSSR count). The normalized spacial score (nSPS) is 11.9. The number of benzene rings is 2. The van der Waals surface area contributed by atoms with E-state index in [0.29, 0.717) is 0 Å². The van der Waals surface area contributed by atoms with Gasteiger partial charge in [0.1, 0.15) is 23.4 Å². The van der Waals surface area contributed by atoms with Crippen molar-refractivity contribution in [1.82, 2.24) is 0 Å². The van der Waals surface area contributed by atoms with E-state index in [-0.39, 0.29) is 11.9 Å². The summed E-state index contributed by atoms with van der Waals surface area (Å²) >= 11 is 0. The molecule has 2 aromatic carbocycles. The number of rotatable bonds is 4. The Hall–Kier alpha value is -2.16. The first kappa shape index (κ1) is 12.3. The lowest BCUT2D eigenvalue weighted by atomic mass is 10.1. The zero-order valence-corrected chi connectivity index (χ0v) is 10.5. The number of aromatic hydroxyl groups is 1. The molecule has 94 valence electrons. The summed E-state index contributed by atoms with van der Waals surface area (Å²) in [5, 5.41) is 9.20. The van der Waals surface area contributed by atoms with Gasteiger partial charge in [-0.05, 0) is 48.9 Å². The van der Waals surface area contributed by atoms with Crippen molar-refractivity contribution in [1.29, 1.82) is 0 Å². The standard InChI is InChI=1S/C15H16O3/c1-11(12-3-7-14(17-2)8-4-12)18-15-9-5-13(16)6-10-15/h3-11,16H,1-2H3. The van der Waals surface area contributed by atoms with Gasteiger partial charge in [0.2, 0.25) is 0 Å². The van der Waals surface area contributed by atoms with Crippen molar-refractivity contribution in [2.75, 3.05) is 7.11 Å². The summed E-state index contributed by atoms with van der Waals surface area (Å²) in [6.07, 6.45) is -0.0551. The summed E-state index contributed by atoms with van der Waals surface area (Å²) in [6, 6.07) is 14.5. The third-order valence-corrected chi connectivity index (χ3v) is 2.73. The fourth-order valence-electron chi connectivity index (χ4n) is 1.67. The average molecular weight is 244 g/mol. The molecule has 0 heterocycles. The number of ether oxygens (including phenoxy) is 2. The Bertz CT molecular complexity index is 488. The third-order valence-electron chi connectivity index (χ3n) is 2.73. The predicted octanol–water partition coefficient (Wildman–Crippen LogP) is 3.54. The Morgan fingerprint density at radius 2 is 1.44 bits per heavy atom. The van der Waals surface area contributed by atoms with Crippen molar-refractivity contribution in [2.45, 2.75) is 13.0 Å². The summed E-state index contributed by atoms with van der Waals surface area (Å²) in [4.78, 5) is 0. The van der Waals surface area contributed by atoms with Crippen LogP contribution in [0.5, 0.6) is 17.2 Å². The molecule has 0 aliphatic carbocycles. The molecule has 0 aliphatic heterocycles. The average Bonchev–Trinajstić information content (AvgIpc) is 2.41. The first-order chi connectivity index (χ1) is 8.69. The van der Waals surface area contributed by atoms with Gasteiger partial charge in [0.15, 0.2) is 0 Å². The predicted molar refractivity (Wildman–Crippen MR) is 70.1 cm³/mol. The lowest BCUT2D eigenvalue weighted by Crippen LogP contribution is -2.02. The van der Waals surface area contributed by atoms with Crippen LogP contribution in [0.2, 0.25) is 0 Å². The summed E-state index contributed by atoms with van der Waals surface area (Å²) in [6.45, 7) is 1.98. The highest BCUT2D eigenvalue weighted by Crippen LogP contribution is 2.24. The molecule has 2 aromatic rings. The molecule has 0 amide bonds. The fraction of sp³-hybridized carbons (Fsp3) is 0.200. The Labute approximate surface area is 107 Å². The minimum atomic E-state index is -0.0551. The lowest BCUT2D eigenvalue weighted by molar-refractivity contribution is 0.226. The molecular weight excluding hydrogens is 228 g/mol. The van der Waals surface area contributed by atoms with Gasteiger partial charge < -0.3 is 14.6 Å². The second kappa shape index (κ2) is 5.45. The van der Waals surface area contributed by atoms with Crippen molar-refractivity contribution >= 4 is 0 Å². The van der Waals surface area contributed by atoms with E-state index in [2.05, 4.69) is 0 Å². The van der Waals surface area contributed by atoms with Gasteiger partial charge in [0.05, 0.1) is 7.11 Å². The first-order valence-electron chi connectivity index (χ1n) is 5.78. The van der Waals surface area contributed by atoms with E-state index in [9.17, 15) is 5.11 Å². The molecule has 0 aromatic heterocycles. The molecule has 1 unspecified atom stereocenters. The Morgan fingerprint density at radius 3 is 2.00 bits per heavy atom. The molecule has 0 bridgehead atoms. The van der Waals surface area contributed by atoms with Gasteiger partial charge in [-0.1, -0.05) is 12.1 Å². The van der Waals surface area contributed by atoms with E-state index < -0.39 is 0 Å². The number of hydrogen-bond donors (Lipinski definition) is 1. The Morgan fingerprint density at radius 1 is 0.889 bits per heavy atom. The van der Waals surface area contributed by atoms with E-state index in [4.69, 9.17) is 9.47 Å². The molecule has 1 N–H and O–H groups in total. The van der Waals surface area contributed by atoms with Crippen molar-refractivity contribution in [3.05, 3.63) is 54.1 Å². The minimum absolute atomic E-state index is 0.0551. The van der Waals surface area contributed by atoms with E-state index in [1.54, 1.807) is 31.4 Å². The van der Waals surface area contributed by atoms with Crippen molar-refractivity contribution in [3.8, 4) is 17.2 Å².